The first-order valence-corrected chi connectivity index (χ1v) is 10.8. The van der Waals surface area contributed by atoms with Crippen LogP contribution in [-0.2, 0) is 9.59 Å². The van der Waals surface area contributed by atoms with E-state index in [0.29, 0.717) is 12.3 Å². The van der Waals surface area contributed by atoms with Gasteiger partial charge in [-0.05, 0) is 63.0 Å². The lowest BCUT2D eigenvalue weighted by molar-refractivity contribution is -0.187. The van der Waals surface area contributed by atoms with E-state index in [4.69, 9.17) is 4.74 Å². The molecule has 1 unspecified atom stereocenters. The molecule has 0 aromatic heterocycles. The van der Waals surface area contributed by atoms with Gasteiger partial charge in [-0.25, -0.2) is 4.39 Å². The van der Waals surface area contributed by atoms with Crippen molar-refractivity contribution in [3.05, 3.63) is 30.1 Å². The third-order valence-corrected chi connectivity index (χ3v) is 6.55. The van der Waals surface area contributed by atoms with E-state index in [0.717, 1.165) is 51.7 Å². The Labute approximate surface area is 171 Å². The van der Waals surface area contributed by atoms with Crippen LogP contribution in [0.5, 0.6) is 5.75 Å². The number of carbonyl (C=O) groups excluding carboxylic acids is 2. The van der Waals surface area contributed by atoms with Crippen LogP contribution in [0.2, 0.25) is 0 Å². The molecular weight excluding hydrogens is 373 g/mol. The Balaban J connectivity index is 1.36. The molecule has 2 heterocycles. The molecule has 7 heteroatoms. The van der Waals surface area contributed by atoms with Gasteiger partial charge < -0.3 is 19.9 Å². The molecule has 1 saturated carbocycles. The maximum absolute atomic E-state index is 13.2. The molecule has 29 heavy (non-hydrogen) atoms. The van der Waals surface area contributed by atoms with E-state index in [1.54, 1.807) is 17.0 Å². The number of benzene rings is 1. The molecule has 1 aliphatic carbocycles. The smallest absolute Gasteiger partial charge is 0.267 e. The van der Waals surface area contributed by atoms with Gasteiger partial charge in [-0.1, -0.05) is 19.3 Å². The summed E-state index contributed by atoms with van der Waals surface area (Å²) in [6, 6.07) is 5.76. The molecule has 2 saturated heterocycles. The van der Waals surface area contributed by atoms with Gasteiger partial charge in [0.2, 0.25) is 5.91 Å². The van der Waals surface area contributed by atoms with Crippen molar-refractivity contribution in [2.45, 2.75) is 56.6 Å². The molecule has 3 fully saturated rings. The third kappa shape index (κ3) is 4.25. The Hall–Kier alpha value is -2.15. The van der Waals surface area contributed by atoms with E-state index in [2.05, 4.69) is 10.2 Å². The summed E-state index contributed by atoms with van der Waals surface area (Å²) in [5.41, 5.74) is -0.421. The summed E-state index contributed by atoms with van der Waals surface area (Å²) >= 11 is 0. The Morgan fingerprint density at radius 1 is 1.10 bits per heavy atom. The van der Waals surface area contributed by atoms with Crippen molar-refractivity contribution in [1.29, 1.82) is 0 Å². The van der Waals surface area contributed by atoms with E-state index in [1.165, 1.54) is 25.0 Å². The second-order valence-corrected chi connectivity index (χ2v) is 8.44. The zero-order chi connectivity index (χ0) is 20.3. The maximum Gasteiger partial charge on any atom is 0.267 e. The average molecular weight is 403 g/mol. The van der Waals surface area contributed by atoms with Gasteiger partial charge in [0, 0.05) is 13.1 Å². The molecule has 2 amide bonds. The first-order chi connectivity index (χ1) is 14.1. The molecule has 158 valence electrons. The van der Waals surface area contributed by atoms with Gasteiger partial charge in [0.15, 0.2) is 6.10 Å². The monoisotopic (exact) mass is 403 g/mol. The summed E-state index contributed by atoms with van der Waals surface area (Å²) in [5, 5.41) is 2.96. The third-order valence-electron chi connectivity index (χ3n) is 6.55. The standard InChI is InChI=1S/C22H30FN3O3/c23-17-6-8-18(9-7-17)29-20-21(28)26(22(20)10-2-1-3-11-22)16-19(27)24-12-15-25-13-4-5-14-25/h6-9,20H,1-5,10-16H2,(H,24,27). The lowest BCUT2D eigenvalue weighted by Gasteiger charge is -2.58. The Morgan fingerprint density at radius 2 is 1.79 bits per heavy atom. The molecule has 0 bridgehead atoms. The molecular formula is C22H30FN3O3. The number of carbonyl (C=O) groups is 2. The van der Waals surface area contributed by atoms with Crippen LogP contribution >= 0.6 is 0 Å². The zero-order valence-electron chi connectivity index (χ0n) is 16.9. The largest absolute Gasteiger partial charge is 0.478 e. The van der Waals surface area contributed by atoms with Crippen LogP contribution in [0.15, 0.2) is 24.3 Å². The number of ether oxygens (including phenoxy) is 1. The van der Waals surface area contributed by atoms with Crippen molar-refractivity contribution in [3.63, 3.8) is 0 Å². The number of amides is 2. The Kier molecular flexibility index (Phi) is 6.04. The van der Waals surface area contributed by atoms with Gasteiger partial charge in [-0.15, -0.1) is 0 Å². The number of hydrogen-bond donors (Lipinski definition) is 1. The van der Waals surface area contributed by atoms with Crippen molar-refractivity contribution in [2.24, 2.45) is 0 Å². The van der Waals surface area contributed by atoms with Crippen LogP contribution in [-0.4, -0.2) is 66.0 Å². The van der Waals surface area contributed by atoms with E-state index in [1.807, 2.05) is 0 Å². The lowest BCUT2D eigenvalue weighted by atomic mass is 9.70. The van der Waals surface area contributed by atoms with Crippen molar-refractivity contribution >= 4 is 11.8 Å². The first-order valence-electron chi connectivity index (χ1n) is 10.8. The topological polar surface area (TPSA) is 61.9 Å². The van der Waals surface area contributed by atoms with Crippen LogP contribution in [0.4, 0.5) is 4.39 Å². The minimum atomic E-state index is -0.592. The summed E-state index contributed by atoms with van der Waals surface area (Å²) in [6.07, 6.45) is 6.72. The van der Waals surface area contributed by atoms with Gasteiger partial charge in [-0.2, -0.15) is 0 Å². The molecule has 1 spiro atoms. The molecule has 6 nitrogen and oxygen atoms in total. The minimum absolute atomic E-state index is 0.0854. The van der Waals surface area contributed by atoms with Gasteiger partial charge in [0.1, 0.15) is 18.1 Å². The van der Waals surface area contributed by atoms with Gasteiger partial charge in [0.05, 0.1) is 5.54 Å². The first kappa shape index (κ1) is 20.1. The van der Waals surface area contributed by atoms with E-state index >= 15 is 0 Å². The van der Waals surface area contributed by atoms with Gasteiger partial charge >= 0.3 is 0 Å². The van der Waals surface area contributed by atoms with E-state index in [-0.39, 0.29) is 24.2 Å². The number of hydrogen-bond acceptors (Lipinski definition) is 4. The Bertz CT molecular complexity index is 727. The van der Waals surface area contributed by atoms with Gasteiger partial charge in [-0.3, -0.25) is 9.59 Å². The SMILES string of the molecule is O=C(CN1C(=O)C(Oc2ccc(F)cc2)C12CCCCC2)NCCN1CCCC1. The highest BCUT2D eigenvalue weighted by molar-refractivity contribution is 5.94. The van der Waals surface area contributed by atoms with Crippen molar-refractivity contribution in [2.75, 3.05) is 32.7 Å². The summed E-state index contributed by atoms with van der Waals surface area (Å²) in [5.74, 6) is -0.102. The summed E-state index contributed by atoms with van der Waals surface area (Å²) < 4.78 is 19.1. The molecule has 2 aliphatic heterocycles. The molecule has 1 atom stereocenters. The highest BCUT2D eigenvalue weighted by atomic mass is 19.1. The fourth-order valence-electron chi connectivity index (χ4n) is 4.97. The van der Waals surface area contributed by atoms with Gasteiger partial charge in [0.25, 0.3) is 5.91 Å². The Morgan fingerprint density at radius 3 is 2.48 bits per heavy atom. The number of halogens is 1. The zero-order valence-corrected chi connectivity index (χ0v) is 16.9. The highest BCUT2D eigenvalue weighted by Gasteiger charge is 2.62. The number of nitrogens with one attached hydrogen (secondary N) is 1. The summed E-state index contributed by atoms with van der Waals surface area (Å²) in [7, 11) is 0. The molecule has 1 aromatic carbocycles. The highest BCUT2D eigenvalue weighted by Crippen LogP contribution is 2.45. The van der Waals surface area contributed by atoms with Crippen LogP contribution < -0.4 is 10.1 Å². The fraction of sp³-hybridized carbons (Fsp3) is 0.636. The number of nitrogens with zero attached hydrogens (tertiary/aromatic N) is 2. The van der Waals surface area contributed by atoms with E-state index < -0.39 is 11.6 Å². The maximum atomic E-state index is 13.2. The molecule has 3 aliphatic rings. The quantitative estimate of drug-likeness (QED) is 0.710. The molecule has 4 rings (SSSR count). The summed E-state index contributed by atoms with van der Waals surface area (Å²) in [6.45, 7) is 3.77. The summed E-state index contributed by atoms with van der Waals surface area (Å²) in [4.78, 5) is 29.4. The van der Waals surface area contributed by atoms with Crippen molar-refractivity contribution in [3.8, 4) is 5.75 Å². The molecule has 1 N–H and O–H groups in total. The van der Waals surface area contributed by atoms with Crippen molar-refractivity contribution in [1.82, 2.24) is 15.1 Å². The number of likely N-dealkylation sites (tertiary alicyclic amines) is 2. The fourth-order valence-corrected chi connectivity index (χ4v) is 4.97. The van der Waals surface area contributed by atoms with Crippen LogP contribution in [0, 0.1) is 5.82 Å². The van der Waals surface area contributed by atoms with Crippen LogP contribution in [0.3, 0.4) is 0 Å². The number of β-lactam (4-membered cyclic amide) rings is 1. The second-order valence-electron chi connectivity index (χ2n) is 8.44. The lowest BCUT2D eigenvalue weighted by Crippen LogP contribution is -2.77. The number of rotatable bonds is 7. The van der Waals surface area contributed by atoms with Crippen molar-refractivity contribution < 1.29 is 18.7 Å². The van der Waals surface area contributed by atoms with E-state index in [9.17, 15) is 14.0 Å². The molecule has 0 radical (unpaired) electrons. The minimum Gasteiger partial charge on any atom is -0.478 e. The second kappa shape index (κ2) is 8.69. The normalized spacial score (nSPS) is 23.8. The van der Waals surface area contributed by atoms with Crippen LogP contribution in [0.25, 0.3) is 0 Å². The predicted molar refractivity (Wildman–Crippen MR) is 107 cm³/mol. The molecule has 1 aromatic rings. The average Bonchev–Trinajstić information content (AvgIpc) is 3.25. The van der Waals surface area contributed by atoms with Crippen LogP contribution in [0.1, 0.15) is 44.9 Å². The predicted octanol–water partition coefficient (Wildman–Crippen LogP) is 2.33.